The average Bonchev–Trinajstić information content (AvgIpc) is 3.51. The van der Waals surface area contributed by atoms with Gasteiger partial charge in [0.15, 0.2) is 0 Å². The zero-order valence-corrected chi connectivity index (χ0v) is 20.4. The Morgan fingerprint density at radius 2 is 1.86 bits per heavy atom. The monoisotopic (exact) mass is 504 g/mol. The maximum absolute atomic E-state index is 13.8. The van der Waals surface area contributed by atoms with Crippen LogP contribution in [0.25, 0.3) is 33.4 Å². The molecule has 1 atom stereocenters. The van der Waals surface area contributed by atoms with E-state index in [2.05, 4.69) is 14.7 Å². The summed E-state index contributed by atoms with van der Waals surface area (Å²) >= 11 is 1.32. The lowest BCUT2D eigenvalue weighted by atomic mass is 10.1. The second-order valence-electron chi connectivity index (χ2n) is 8.00. The molecule has 0 aliphatic carbocycles. The van der Waals surface area contributed by atoms with Crippen molar-refractivity contribution < 1.29 is 13.4 Å². The lowest BCUT2D eigenvalue weighted by molar-refractivity contribution is -0.121. The smallest absolute Gasteiger partial charge is 0.240 e. The van der Waals surface area contributed by atoms with Crippen molar-refractivity contribution >= 4 is 39.1 Å². The van der Waals surface area contributed by atoms with E-state index in [0.29, 0.717) is 0 Å². The number of halogens is 1. The van der Waals surface area contributed by atoms with E-state index in [0.717, 1.165) is 44.0 Å². The number of rotatable bonds is 7. The Kier molecular flexibility index (Phi) is 6.52. The van der Waals surface area contributed by atoms with Crippen molar-refractivity contribution in [3.63, 3.8) is 0 Å². The Labute approximate surface area is 208 Å². The van der Waals surface area contributed by atoms with Gasteiger partial charge in [-0.2, -0.15) is 4.37 Å². The van der Waals surface area contributed by atoms with E-state index in [1.54, 1.807) is 18.5 Å². The molecule has 3 heterocycles. The molecule has 0 saturated heterocycles. The fourth-order valence-electron chi connectivity index (χ4n) is 3.90. The van der Waals surface area contributed by atoms with Crippen LogP contribution in [0.5, 0.6) is 0 Å². The fourth-order valence-corrected chi connectivity index (χ4v) is 4.93. The number of hydrogen-bond donors (Lipinski definition) is 1. The number of hydrogen-bond acceptors (Lipinski definition) is 5. The summed E-state index contributed by atoms with van der Waals surface area (Å²) in [5.41, 5.74) is 4.93. The largest absolute Gasteiger partial charge is 0.349 e. The summed E-state index contributed by atoms with van der Waals surface area (Å²) in [4.78, 5) is 18.1. The van der Waals surface area contributed by atoms with Crippen LogP contribution < -0.4 is 5.32 Å². The van der Waals surface area contributed by atoms with Crippen molar-refractivity contribution in [3.8, 4) is 22.5 Å². The number of nitrogens with one attached hydrogen (secondary N) is 1. The summed E-state index contributed by atoms with van der Waals surface area (Å²) < 4.78 is 31.6. The Morgan fingerprint density at radius 1 is 1.06 bits per heavy atom. The van der Waals surface area contributed by atoms with Crippen LogP contribution >= 0.6 is 11.5 Å². The van der Waals surface area contributed by atoms with Gasteiger partial charge in [-0.15, -0.1) is 0 Å². The molecule has 0 aliphatic heterocycles. The van der Waals surface area contributed by atoms with Crippen LogP contribution in [0.1, 0.15) is 5.69 Å². The molecule has 0 radical (unpaired) electrons. The number of carbonyl (C=O) groups is 1. The normalized spacial score (nSPS) is 12.1. The first-order chi connectivity index (χ1) is 17.0. The molecule has 1 unspecified atom stereocenters. The molecule has 6 nitrogen and oxygen atoms in total. The van der Waals surface area contributed by atoms with Gasteiger partial charge in [0.05, 0.1) is 17.9 Å². The fraction of sp³-hybridized carbons (Fsp3) is 0.115. The molecule has 3 aromatic heterocycles. The van der Waals surface area contributed by atoms with Gasteiger partial charge < -0.3 is 9.88 Å². The summed E-state index contributed by atoms with van der Waals surface area (Å²) in [6.45, 7) is 0.359. The van der Waals surface area contributed by atoms with E-state index in [-0.39, 0.29) is 24.8 Å². The zero-order chi connectivity index (χ0) is 24.4. The first-order valence-electron chi connectivity index (χ1n) is 10.8. The highest BCUT2D eigenvalue weighted by Gasteiger charge is 2.15. The van der Waals surface area contributed by atoms with Crippen LogP contribution in [-0.4, -0.2) is 30.3 Å². The molecule has 35 heavy (non-hydrogen) atoms. The van der Waals surface area contributed by atoms with Gasteiger partial charge in [0.25, 0.3) is 0 Å². The van der Waals surface area contributed by atoms with Gasteiger partial charge in [-0.25, -0.2) is 4.39 Å². The van der Waals surface area contributed by atoms with Crippen molar-refractivity contribution in [2.24, 2.45) is 0 Å². The van der Waals surface area contributed by atoms with Crippen LogP contribution in [0.4, 0.5) is 4.39 Å². The van der Waals surface area contributed by atoms with E-state index in [4.69, 9.17) is 0 Å². The molecule has 0 saturated carbocycles. The maximum atomic E-state index is 13.8. The van der Waals surface area contributed by atoms with Gasteiger partial charge in [0, 0.05) is 50.0 Å². The minimum atomic E-state index is -1.01. The minimum Gasteiger partial charge on any atom is -0.349 e. The van der Waals surface area contributed by atoms with E-state index in [1.807, 2.05) is 58.5 Å². The summed E-state index contributed by atoms with van der Waals surface area (Å²) in [7, 11) is -1.01. The van der Waals surface area contributed by atoms with Crippen LogP contribution in [-0.2, 0) is 28.7 Å². The number of aromatic nitrogens is 3. The lowest BCUT2D eigenvalue weighted by Crippen LogP contribution is -2.27. The highest BCUT2D eigenvalue weighted by molar-refractivity contribution is 7.84. The highest BCUT2D eigenvalue weighted by Crippen LogP contribution is 2.28. The number of nitrogens with zero attached hydrogens (tertiary/aromatic N) is 3. The van der Waals surface area contributed by atoms with Crippen LogP contribution in [0, 0.1) is 5.82 Å². The zero-order valence-electron chi connectivity index (χ0n) is 18.8. The van der Waals surface area contributed by atoms with Crippen molar-refractivity contribution in [2.75, 3.05) is 6.26 Å². The SMILES string of the molecule is CS(=O)c1ccc(-c2ccc(CNC(=O)Cn3c(-c4ccsn4)cc4cc(F)ccc43)nc2)cc1. The standard InChI is InChI=1S/C26H21FN4O2S2/c1-35(33)22-7-3-17(4-8-22)18-2-6-21(28-14-18)15-29-26(32)16-31-24-9-5-20(27)12-19(24)13-25(31)23-10-11-34-30-23/h2-14H,15-16H2,1H3,(H,29,32). The number of amides is 1. The second kappa shape index (κ2) is 9.89. The van der Waals surface area contributed by atoms with Gasteiger partial charge in [0.2, 0.25) is 5.91 Å². The molecule has 0 spiro atoms. The van der Waals surface area contributed by atoms with E-state index in [1.165, 1.54) is 23.7 Å². The molecule has 176 valence electrons. The average molecular weight is 505 g/mol. The topological polar surface area (TPSA) is 76.9 Å². The van der Waals surface area contributed by atoms with Gasteiger partial charge in [-0.3, -0.25) is 14.0 Å². The third-order valence-electron chi connectivity index (χ3n) is 5.68. The van der Waals surface area contributed by atoms with Crippen molar-refractivity contribution in [3.05, 3.63) is 89.8 Å². The molecule has 0 bridgehead atoms. The van der Waals surface area contributed by atoms with Crippen molar-refractivity contribution in [1.29, 1.82) is 0 Å². The molecule has 5 rings (SSSR count). The summed E-state index contributed by atoms with van der Waals surface area (Å²) in [6, 6.07) is 19.6. The second-order valence-corrected chi connectivity index (χ2v) is 10.0. The van der Waals surface area contributed by atoms with Gasteiger partial charge >= 0.3 is 0 Å². The van der Waals surface area contributed by atoms with Crippen LogP contribution in [0.2, 0.25) is 0 Å². The van der Waals surface area contributed by atoms with Crippen LogP contribution in [0.15, 0.2) is 83.2 Å². The number of pyridine rings is 1. The molecule has 5 aromatic rings. The van der Waals surface area contributed by atoms with Crippen molar-refractivity contribution in [2.45, 2.75) is 18.0 Å². The van der Waals surface area contributed by atoms with Crippen LogP contribution in [0.3, 0.4) is 0 Å². The number of fused-ring (bicyclic) bond motifs is 1. The van der Waals surface area contributed by atoms with Gasteiger partial charge in [0.1, 0.15) is 18.1 Å². The van der Waals surface area contributed by atoms with Gasteiger partial charge in [-0.05, 0) is 65.6 Å². The molecule has 1 N–H and O–H groups in total. The van der Waals surface area contributed by atoms with E-state index in [9.17, 15) is 13.4 Å². The Bertz CT molecular complexity index is 1510. The third kappa shape index (κ3) is 5.06. The molecule has 0 fully saturated rings. The molecular formula is C26H21FN4O2S2. The molecule has 9 heteroatoms. The van der Waals surface area contributed by atoms with Gasteiger partial charge in [-0.1, -0.05) is 18.2 Å². The molecular weight excluding hydrogens is 483 g/mol. The summed E-state index contributed by atoms with van der Waals surface area (Å²) in [5.74, 6) is -0.507. The Hall–Kier alpha value is -3.69. The highest BCUT2D eigenvalue weighted by atomic mass is 32.2. The predicted molar refractivity (Wildman–Crippen MR) is 137 cm³/mol. The first kappa shape index (κ1) is 23.1. The maximum Gasteiger partial charge on any atom is 0.240 e. The summed E-state index contributed by atoms with van der Waals surface area (Å²) in [5, 5.41) is 5.50. The Balaban J connectivity index is 1.28. The first-order valence-corrected chi connectivity index (χ1v) is 13.2. The summed E-state index contributed by atoms with van der Waals surface area (Å²) in [6.07, 6.45) is 3.41. The number of benzene rings is 2. The predicted octanol–water partition coefficient (Wildman–Crippen LogP) is 5.02. The number of carbonyl (C=O) groups excluding carboxylic acids is 1. The molecule has 0 aliphatic rings. The van der Waals surface area contributed by atoms with Crippen molar-refractivity contribution in [1.82, 2.24) is 19.2 Å². The van der Waals surface area contributed by atoms with E-state index < -0.39 is 10.8 Å². The minimum absolute atomic E-state index is 0.0746. The van der Waals surface area contributed by atoms with E-state index >= 15 is 0 Å². The molecule has 2 aromatic carbocycles. The lowest BCUT2D eigenvalue weighted by Gasteiger charge is -2.11. The molecule has 1 amide bonds. The quantitative estimate of drug-likeness (QED) is 0.338. The third-order valence-corrected chi connectivity index (χ3v) is 7.17. The Morgan fingerprint density at radius 3 is 2.54 bits per heavy atom.